The van der Waals surface area contributed by atoms with Gasteiger partial charge in [0.1, 0.15) is 12.3 Å². The number of allylic oxidation sites excluding steroid dienone is 2. The van der Waals surface area contributed by atoms with Crippen LogP contribution in [0.5, 0.6) is 5.75 Å². The molecule has 1 saturated heterocycles. The van der Waals surface area contributed by atoms with Crippen molar-refractivity contribution in [3.8, 4) is 5.75 Å². The highest BCUT2D eigenvalue weighted by Gasteiger charge is 2.68. The Morgan fingerprint density at radius 3 is 1.96 bits per heavy atom. The lowest BCUT2D eigenvalue weighted by molar-refractivity contribution is -0.384. The topological polar surface area (TPSA) is 144 Å². The zero-order valence-electron chi connectivity index (χ0n) is 23.7. The second kappa shape index (κ2) is 11.2. The lowest BCUT2D eigenvalue weighted by Crippen LogP contribution is -2.52. The monoisotopic (exact) mass is 659 g/mol. The van der Waals surface area contributed by atoms with Crippen molar-refractivity contribution in [2.24, 2.45) is 35.5 Å². The average molecular weight is 660 g/mol. The van der Waals surface area contributed by atoms with Crippen LogP contribution in [0, 0.1) is 45.6 Å². The van der Waals surface area contributed by atoms with Gasteiger partial charge in [0.05, 0.1) is 32.4 Å². The van der Waals surface area contributed by atoms with Crippen molar-refractivity contribution in [1.82, 2.24) is 10.0 Å². The number of amides is 3. The van der Waals surface area contributed by atoms with E-state index in [1.54, 1.807) is 0 Å². The second-order valence-electron chi connectivity index (χ2n) is 11.8. The smallest absolute Gasteiger partial charge is 0.343 e. The van der Waals surface area contributed by atoms with Crippen LogP contribution in [-0.4, -0.2) is 51.0 Å². The van der Waals surface area contributed by atoms with E-state index in [9.17, 15) is 34.1 Å². The Kier molecular flexibility index (Phi) is 7.25. The number of non-ortho nitro benzene ring substituents is 1. The molecular formula is C33H23Cl2N3O8. The van der Waals surface area contributed by atoms with Crippen LogP contribution in [0.1, 0.15) is 37.5 Å². The van der Waals surface area contributed by atoms with E-state index in [1.807, 2.05) is 12.2 Å². The second-order valence-corrected chi connectivity index (χ2v) is 12.6. The van der Waals surface area contributed by atoms with Crippen LogP contribution in [0.2, 0.25) is 10.0 Å². The number of esters is 1. The lowest BCUT2D eigenvalue weighted by Gasteiger charge is -2.37. The molecule has 6 atom stereocenters. The molecule has 0 N–H and O–H groups in total. The molecule has 232 valence electrons. The van der Waals surface area contributed by atoms with Crippen molar-refractivity contribution >= 4 is 58.4 Å². The van der Waals surface area contributed by atoms with Gasteiger partial charge in [0.15, 0.2) is 5.78 Å². The Morgan fingerprint density at radius 2 is 1.39 bits per heavy atom. The Labute approximate surface area is 271 Å². The third kappa shape index (κ3) is 4.96. The summed E-state index contributed by atoms with van der Waals surface area (Å²) in [5, 5.41) is 12.9. The molecule has 1 heterocycles. The molecule has 11 nitrogen and oxygen atoms in total. The molecule has 46 heavy (non-hydrogen) atoms. The first kappa shape index (κ1) is 29.8. The molecule has 3 fully saturated rings. The van der Waals surface area contributed by atoms with E-state index in [2.05, 4.69) is 0 Å². The molecule has 0 unspecified atom stereocenters. The Balaban J connectivity index is 1.12. The highest BCUT2D eigenvalue weighted by Crippen LogP contribution is 2.65. The number of ether oxygens (including phenoxy) is 1. The largest absolute Gasteiger partial charge is 0.423 e. The summed E-state index contributed by atoms with van der Waals surface area (Å²) in [6.07, 6.45) is 5.00. The first-order valence-electron chi connectivity index (χ1n) is 14.5. The number of halogens is 2. The van der Waals surface area contributed by atoms with E-state index in [-0.39, 0.29) is 50.0 Å². The normalized spacial score (nSPS) is 25.1. The molecule has 0 radical (unpaired) electrons. The zero-order chi connectivity index (χ0) is 32.4. The zero-order valence-corrected chi connectivity index (χ0v) is 25.3. The maximum atomic E-state index is 13.9. The van der Waals surface area contributed by atoms with Gasteiger partial charge in [0.2, 0.25) is 0 Å². The summed E-state index contributed by atoms with van der Waals surface area (Å²) < 4.78 is 5.32. The predicted octanol–water partition coefficient (Wildman–Crippen LogP) is 5.41. The summed E-state index contributed by atoms with van der Waals surface area (Å²) in [6.45, 7) is -0.631. The first-order valence-corrected chi connectivity index (χ1v) is 15.2. The average Bonchev–Trinajstić information content (AvgIpc) is 3.84. The molecule has 13 heteroatoms. The number of carbonyl (C=O) groups is 5. The van der Waals surface area contributed by atoms with Gasteiger partial charge in [-0.25, -0.2) is 9.80 Å². The number of carbonyl (C=O) groups excluding carboxylic acids is 5. The highest BCUT2D eigenvalue weighted by molar-refractivity contribution is 6.42. The Bertz CT molecular complexity index is 1840. The number of ketones is 1. The fraction of sp³-hybridized carbons (Fsp3) is 0.242. The lowest BCUT2D eigenvalue weighted by atomic mass is 9.63. The summed E-state index contributed by atoms with van der Waals surface area (Å²) in [6, 6.07) is 14.5. The quantitative estimate of drug-likeness (QED) is 0.0593. The number of imide groups is 1. The van der Waals surface area contributed by atoms with E-state index < -0.39 is 52.8 Å². The van der Waals surface area contributed by atoms with Crippen LogP contribution in [0.25, 0.3) is 0 Å². The molecule has 3 amide bonds. The number of rotatable bonds is 8. The summed E-state index contributed by atoms with van der Waals surface area (Å²) >= 11 is 12.2. The van der Waals surface area contributed by atoms with E-state index >= 15 is 0 Å². The summed E-state index contributed by atoms with van der Waals surface area (Å²) in [5.41, 5.74) is 0.0724. The number of hydrazine groups is 1. The third-order valence-electron chi connectivity index (χ3n) is 9.28. The van der Waals surface area contributed by atoms with Gasteiger partial charge in [0, 0.05) is 23.3 Å². The van der Waals surface area contributed by atoms with Crippen LogP contribution < -0.4 is 4.74 Å². The van der Waals surface area contributed by atoms with Gasteiger partial charge >= 0.3 is 5.97 Å². The van der Waals surface area contributed by atoms with Gasteiger partial charge in [-0.3, -0.25) is 29.3 Å². The Hall–Kier alpha value is -4.87. The molecule has 3 aromatic carbocycles. The van der Waals surface area contributed by atoms with Gasteiger partial charge in [-0.1, -0.05) is 35.4 Å². The van der Waals surface area contributed by atoms with Crippen molar-refractivity contribution in [3.63, 3.8) is 0 Å². The molecule has 2 bridgehead atoms. The molecule has 0 aromatic heterocycles. The standard InChI is InChI=1S/C33H23Cl2N3O8/c34-25-12-5-18(13-26(25)35)30(40)36(37-31(41)28-21-10-11-22(24-14-23(21)24)29(28)32(37)42)15-27(39)16-3-8-20(9-4-16)46-33(43)17-1-6-19(7-2-17)38(44)45/h1-13,21-24,28-29H,14-15H2/t21-,22-,23-,24-,28-,29+/m0/s1. The fourth-order valence-electron chi connectivity index (χ4n) is 7.01. The fourth-order valence-corrected chi connectivity index (χ4v) is 7.31. The molecule has 4 aliphatic carbocycles. The minimum atomic E-state index is -0.772. The van der Waals surface area contributed by atoms with Crippen LogP contribution in [0.4, 0.5) is 5.69 Å². The third-order valence-corrected chi connectivity index (χ3v) is 10.0. The molecular weight excluding hydrogens is 637 g/mol. The summed E-state index contributed by atoms with van der Waals surface area (Å²) in [7, 11) is 0. The van der Waals surface area contributed by atoms with Gasteiger partial charge in [0.25, 0.3) is 23.4 Å². The van der Waals surface area contributed by atoms with Crippen molar-refractivity contribution in [1.29, 1.82) is 0 Å². The molecule has 5 aliphatic rings. The van der Waals surface area contributed by atoms with E-state index in [1.165, 1.54) is 66.7 Å². The first-order chi connectivity index (χ1) is 22.0. The molecule has 1 aliphatic heterocycles. The van der Waals surface area contributed by atoms with Gasteiger partial charge in [-0.05, 0) is 84.7 Å². The molecule has 0 spiro atoms. The minimum Gasteiger partial charge on any atom is -0.423 e. The number of nitro benzene ring substituents is 1. The minimum absolute atomic E-state index is 0.0371. The van der Waals surface area contributed by atoms with Crippen LogP contribution in [-0.2, 0) is 9.59 Å². The predicted molar refractivity (Wildman–Crippen MR) is 163 cm³/mol. The van der Waals surface area contributed by atoms with Crippen molar-refractivity contribution in [2.75, 3.05) is 6.54 Å². The van der Waals surface area contributed by atoms with Gasteiger partial charge < -0.3 is 4.74 Å². The molecule has 3 aromatic rings. The maximum Gasteiger partial charge on any atom is 0.343 e. The highest BCUT2D eigenvalue weighted by atomic mass is 35.5. The van der Waals surface area contributed by atoms with E-state index in [0.29, 0.717) is 11.8 Å². The number of nitrogens with zero attached hydrogens (tertiary/aromatic N) is 3. The van der Waals surface area contributed by atoms with Crippen LogP contribution in [0.3, 0.4) is 0 Å². The Morgan fingerprint density at radius 1 is 0.826 bits per heavy atom. The van der Waals surface area contributed by atoms with E-state index in [0.717, 1.165) is 16.4 Å². The maximum absolute atomic E-state index is 13.9. The molecule has 2 saturated carbocycles. The van der Waals surface area contributed by atoms with E-state index in [4.69, 9.17) is 27.9 Å². The number of benzene rings is 3. The summed E-state index contributed by atoms with van der Waals surface area (Å²) in [4.78, 5) is 78.0. The van der Waals surface area contributed by atoms with Gasteiger partial charge in [-0.15, -0.1) is 0 Å². The number of nitro groups is 1. The van der Waals surface area contributed by atoms with Gasteiger partial charge in [-0.2, -0.15) is 5.01 Å². The van der Waals surface area contributed by atoms with Crippen molar-refractivity contribution < 1.29 is 33.6 Å². The molecule has 8 rings (SSSR count). The van der Waals surface area contributed by atoms with Crippen molar-refractivity contribution in [3.05, 3.63) is 116 Å². The van der Waals surface area contributed by atoms with Crippen molar-refractivity contribution in [2.45, 2.75) is 6.42 Å². The number of hydrogen-bond acceptors (Lipinski definition) is 8. The SMILES string of the molecule is O=C(CN(C(=O)c1ccc(Cl)c(Cl)c1)N1C(=O)[C@@H]2[C@H]3C=C[C@@H]([C@@H]4C[C@@H]34)[C@@H]2C1=O)c1ccc(OC(=O)c2ccc([N+](=O)[O-])cc2)cc1. The number of hydrogen-bond donors (Lipinski definition) is 0. The van der Waals surface area contributed by atoms with Crippen LogP contribution >= 0.6 is 23.2 Å². The summed E-state index contributed by atoms with van der Waals surface area (Å²) in [5.74, 6) is -3.67. The van der Waals surface area contributed by atoms with Crippen LogP contribution in [0.15, 0.2) is 78.9 Å². The number of Topliss-reactive ketones (excluding diaryl/α,β-unsaturated/α-hetero) is 1.